The lowest BCUT2D eigenvalue weighted by Gasteiger charge is -2.15. The molecule has 1 unspecified atom stereocenters. The Morgan fingerprint density at radius 3 is 2.57 bits per heavy atom. The summed E-state index contributed by atoms with van der Waals surface area (Å²) in [7, 11) is 0. The lowest BCUT2D eigenvalue weighted by molar-refractivity contribution is 0.386. The van der Waals surface area contributed by atoms with Gasteiger partial charge < -0.3 is 9.67 Å². The Morgan fingerprint density at radius 2 is 1.86 bits per heavy atom. The van der Waals surface area contributed by atoms with Gasteiger partial charge in [0, 0.05) is 21.2 Å². The average Bonchev–Trinajstić information content (AvgIpc) is 2.84. The van der Waals surface area contributed by atoms with Crippen molar-refractivity contribution in [2.24, 2.45) is 0 Å². The minimum Gasteiger partial charge on any atom is -0.494 e. The summed E-state index contributed by atoms with van der Waals surface area (Å²) in [4.78, 5) is 0. The van der Waals surface area contributed by atoms with E-state index in [1.165, 1.54) is 5.56 Å². The highest BCUT2D eigenvalue weighted by Gasteiger charge is 2.15. The number of hydrogen-bond donors (Lipinski definition) is 1. The number of aryl methyl sites for hydroxylation is 1. The largest absolute Gasteiger partial charge is 0.494 e. The summed E-state index contributed by atoms with van der Waals surface area (Å²) in [6.07, 6.45) is 4.09. The fraction of sp³-hybridized carbons (Fsp3) is 0.222. The summed E-state index contributed by atoms with van der Waals surface area (Å²) in [6.45, 7) is 2.16. The normalized spacial score (nSPS) is 12.7. The second kappa shape index (κ2) is 6.10. The van der Waals surface area contributed by atoms with Crippen molar-refractivity contribution in [1.82, 2.24) is 4.57 Å². The van der Waals surface area contributed by atoms with Gasteiger partial charge in [-0.1, -0.05) is 42.5 Å². The SMILES string of the molecule is CC(CCc1ccccc1)n1cc2cccc(I)c2c1O. The summed E-state index contributed by atoms with van der Waals surface area (Å²) in [6, 6.07) is 16.9. The van der Waals surface area contributed by atoms with Gasteiger partial charge in [-0.3, -0.25) is 0 Å². The van der Waals surface area contributed by atoms with Crippen LogP contribution in [0, 0.1) is 3.57 Å². The molecule has 2 aromatic carbocycles. The molecule has 0 fully saturated rings. The molecule has 0 aliphatic carbocycles. The van der Waals surface area contributed by atoms with Gasteiger partial charge in [-0.2, -0.15) is 0 Å². The van der Waals surface area contributed by atoms with Gasteiger partial charge in [-0.25, -0.2) is 0 Å². The van der Waals surface area contributed by atoms with Crippen molar-refractivity contribution in [2.75, 3.05) is 0 Å². The molecule has 21 heavy (non-hydrogen) atoms. The zero-order valence-electron chi connectivity index (χ0n) is 12.0. The molecule has 108 valence electrons. The summed E-state index contributed by atoms with van der Waals surface area (Å²) in [5.41, 5.74) is 1.34. The number of benzene rings is 2. The average molecular weight is 391 g/mol. The van der Waals surface area contributed by atoms with Crippen LogP contribution in [0.1, 0.15) is 24.9 Å². The molecule has 2 nitrogen and oxygen atoms in total. The number of nitrogens with zero attached hydrogens (tertiary/aromatic N) is 1. The molecule has 0 radical (unpaired) electrons. The molecule has 0 aliphatic rings. The van der Waals surface area contributed by atoms with Gasteiger partial charge >= 0.3 is 0 Å². The van der Waals surface area contributed by atoms with E-state index in [0.29, 0.717) is 5.88 Å². The molecule has 3 aromatic rings. The Hall–Kier alpha value is -1.49. The van der Waals surface area contributed by atoms with E-state index in [9.17, 15) is 5.11 Å². The van der Waals surface area contributed by atoms with Crippen molar-refractivity contribution in [3.63, 3.8) is 0 Å². The predicted octanol–water partition coefficient (Wildman–Crippen LogP) is 5.15. The van der Waals surface area contributed by atoms with Gasteiger partial charge in [0.1, 0.15) is 0 Å². The Bertz CT molecular complexity index is 749. The van der Waals surface area contributed by atoms with Crippen molar-refractivity contribution >= 4 is 33.4 Å². The highest BCUT2D eigenvalue weighted by molar-refractivity contribution is 14.1. The molecule has 1 atom stereocenters. The van der Waals surface area contributed by atoms with Crippen molar-refractivity contribution < 1.29 is 5.11 Å². The quantitative estimate of drug-likeness (QED) is 0.612. The molecular weight excluding hydrogens is 373 g/mol. The lowest BCUT2D eigenvalue weighted by atomic mass is 10.1. The minimum absolute atomic E-state index is 0.272. The van der Waals surface area contributed by atoms with Crippen LogP contribution in [0.25, 0.3) is 10.8 Å². The van der Waals surface area contributed by atoms with Gasteiger partial charge in [0.25, 0.3) is 0 Å². The van der Waals surface area contributed by atoms with Crippen molar-refractivity contribution in [3.05, 3.63) is 63.9 Å². The molecule has 0 bridgehead atoms. The van der Waals surface area contributed by atoms with Gasteiger partial charge in [-0.05, 0) is 54.0 Å². The third-order valence-corrected chi connectivity index (χ3v) is 4.86. The fourth-order valence-electron chi connectivity index (χ4n) is 2.72. The van der Waals surface area contributed by atoms with E-state index in [1.807, 2.05) is 22.8 Å². The van der Waals surface area contributed by atoms with Crippen LogP contribution in [0.4, 0.5) is 0 Å². The van der Waals surface area contributed by atoms with E-state index in [1.54, 1.807) is 0 Å². The molecule has 1 heterocycles. The Kier molecular flexibility index (Phi) is 4.19. The zero-order valence-corrected chi connectivity index (χ0v) is 14.1. The number of fused-ring (bicyclic) bond motifs is 1. The highest BCUT2D eigenvalue weighted by Crippen LogP contribution is 2.34. The summed E-state index contributed by atoms with van der Waals surface area (Å²) < 4.78 is 3.09. The smallest absolute Gasteiger partial charge is 0.200 e. The first-order valence-corrected chi connectivity index (χ1v) is 8.26. The molecule has 0 aliphatic heterocycles. The molecule has 3 heteroatoms. The number of aromatic hydroxyl groups is 1. The Morgan fingerprint density at radius 1 is 1.10 bits per heavy atom. The van der Waals surface area contributed by atoms with Gasteiger partial charge in [-0.15, -0.1) is 0 Å². The van der Waals surface area contributed by atoms with E-state index in [4.69, 9.17) is 0 Å². The van der Waals surface area contributed by atoms with E-state index in [0.717, 1.165) is 27.2 Å². The third kappa shape index (κ3) is 2.93. The highest BCUT2D eigenvalue weighted by atomic mass is 127. The minimum atomic E-state index is 0.272. The predicted molar refractivity (Wildman–Crippen MR) is 95.8 cm³/mol. The molecule has 1 aromatic heterocycles. The van der Waals surface area contributed by atoms with Crippen molar-refractivity contribution in [1.29, 1.82) is 0 Å². The summed E-state index contributed by atoms with van der Waals surface area (Å²) in [5.74, 6) is 0.385. The standard InChI is InChI=1S/C18H18INO/c1-13(10-11-14-6-3-2-4-7-14)20-12-15-8-5-9-16(19)17(15)18(20)21/h2-9,12-13,21H,10-11H2,1H3. The first-order valence-electron chi connectivity index (χ1n) is 7.19. The Labute approximate surface area is 138 Å². The van der Waals surface area contributed by atoms with Crippen molar-refractivity contribution in [3.8, 4) is 5.88 Å². The second-order valence-corrected chi connectivity index (χ2v) is 6.60. The van der Waals surface area contributed by atoms with Gasteiger partial charge in [0.15, 0.2) is 5.88 Å². The van der Waals surface area contributed by atoms with Crippen LogP contribution in [0.5, 0.6) is 5.88 Å². The fourth-order valence-corrected chi connectivity index (χ4v) is 3.48. The maximum atomic E-state index is 10.5. The molecule has 0 spiro atoms. The molecule has 0 saturated carbocycles. The van der Waals surface area contributed by atoms with Crippen LogP contribution < -0.4 is 0 Å². The van der Waals surface area contributed by atoms with Crippen LogP contribution in [-0.4, -0.2) is 9.67 Å². The number of hydrogen-bond acceptors (Lipinski definition) is 1. The maximum absolute atomic E-state index is 10.5. The molecule has 3 rings (SSSR count). The first-order chi connectivity index (χ1) is 10.2. The van der Waals surface area contributed by atoms with E-state index < -0.39 is 0 Å². The monoisotopic (exact) mass is 391 g/mol. The third-order valence-electron chi connectivity index (χ3n) is 3.96. The van der Waals surface area contributed by atoms with Crippen LogP contribution in [0.15, 0.2) is 54.7 Å². The first kappa shape index (κ1) is 14.4. The maximum Gasteiger partial charge on any atom is 0.200 e. The topological polar surface area (TPSA) is 25.2 Å². The Balaban J connectivity index is 1.83. The van der Waals surface area contributed by atoms with Crippen LogP contribution in [-0.2, 0) is 6.42 Å². The number of halogens is 1. The van der Waals surface area contributed by atoms with Crippen LogP contribution >= 0.6 is 22.6 Å². The van der Waals surface area contributed by atoms with Gasteiger partial charge in [0.05, 0.1) is 5.39 Å². The van der Waals surface area contributed by atoms with E-state index in [-0.39, 0.29) is 6.04 Å². The van der Waals surface area contributed by atoms with Gasteiger partial charge in [0.2, 0.25) is 0 Å². The zero-order chi connectivity index (χ0) is 14.8. The second-order valence-electron chi connectivity index (χ2n) is 5.44. The molecule has 0 saturated heterocycles. The summed E-state index contributed by atoms with van der Waals surface area (Å²) in [5, 5.41) is 12.6. The van der Waals surface area contributed by atoms with E-state index in [2.05, 4.69) is 66.0 Å². The number of rotatable bonds is 4. The van der Waals surface area contributed by atoms with Crippen LogP contribution in [0.2, 0.25) is 0 Å². The van der Waals surface area contributed by atoms with E-state index >= 15 is 0 Å². The lowest BCUT2D eigenvalue weighted by Crippen LogP contribution is -2.04. The molecule has 0 amide bonds. The number of aromatic nitrogens is 1. The molecule has 1 N–H and O–H groups in total. The van der Waals surface area contributed by atoms with Crippen LogP contribution in [0.3, 0.4) is 0 Å². The molecular formula is C18H18INO. The summed E-state index contributed by atoms with van der Waals surface area (Å²) >= 11 is 2.28. The van der Waals surface area contributed by atoms with Crippen molar-refractivity contribution in [2.45, 2.75) is 25.8 Å².